The van der Waals surface area contributed by atoms with Crippen LogP contribution in [0.5, 0.6) is 17.2 Å². The van der Waals surface area contributed by atoms with E-state index in [4.69, 9.17) is 14.2 Å². The van der Waals surface area contributed by atoms with Crippen LogP contribution in [0, 0.1) is 6.92 Å². The van der Waals surface area contributed by atoms with Crippen LogP contribution in [-0.2, 0) is 9.47 Å². The number of phenols is 1. The minimum Gasteiger partial charge on any atom is -0.504 e. The molecule has 0 aliphatic rings. The highest BCUT2D eigenvalue weighted by atomic mass is 16.5. The molecule has 0 spiro atoms. The molecule has 0 aliphatic carbocycles. The van der Waals surface area contributed by atoms with E-state index in [1.807, 2.05) is 6.07 Å². The molecule has 6 nitrogen and oxygen atoms in total. The molecule has 0 atom stereocenters. The lowest BCUT2D eigenvalue weighted by Crippen LogP contribution is -2.15. The van der Waals surface area contributed by atoms with E-state index in [0.717, 1.165) is 0 Å². The molecule has 0 aromatic heterocycles. The van der Waals surface area contributed by atoms with Crippen LogP contribution in [0.15, 0.2) is 36.4 Å². The number of aromatic hydroxyl groups is 1. The third kappa shape index (κ3) is 4.09. The maximum atomic E-state index is 12.3. The quantitative estimate of drug-likeness (QED) is 0.802. The van der Waals surface area contributed by atoms with Gasteiger partial charge in [0.1, 0.15) is 11.3 Å². The molecule has 0 amide bonds. The van der Waals surface area contributed by atoms with E-state index in [1.165, 1.54) is 6.07 Å². The fourth-order valence-electron chi connectivity index (χ4n) is 2.30. The molecule has 25 heavy (non-hydrogen) atoms. The Morgan fingerprint density at radius 2 is 1.60 bits per heavy atom. The highest BCUT2D eigenvalue weighted by molar-refractivity contribution is 6.06. The van der Waals surface area contributed by atoms with Gasteiger partial charge in [0, 0.05) is 0 Å². The van der Waals surface area contributed by atoms with Crippen LogP contribution in [0.25, 0.3) is 0 Å². The minimum atomic E-state index is -0.819. The molecule has 2 rings (SSSR count). The van der Waals surface area contributed by atoms with Crippen LogP contribution >= 0.6 is 0 Å². The van der Waals surface area contributed by atoms with Gasteiger partial charge in [0.05, 0.1) is 18.8 Å². The fourth-order valence-corrected chi connectivity index (χ4v) is 2.30. The number of aryl methyl sites for hydroxylation is 1. The van der Waals surface area contributed by atoms with Crippen LogP contribution in [0.4, 0.5) is 0 Å². The van der Waals surface area contributed by atoms with Gasteiger partial charge in [-0.25, -0.2) is 9.59 Å². The van der Waals surface area contributed by atoms with Crippen molar-refractivity contribution in [3.8, 4) is 17.2 Å². The van der Waals surface area contributed by atoms with Gasteiger partial charge in [-0.15, -0.1) is 0 Å². The smallest absolute Gasteiger partial charge is 0.342 e. The van der Waals surface area contributed by atoms with E-state index >= 15 is 0 Å². The van der Waals surface area contributed by atoms with Gasteiger partial charge in [-0.2, -0.15) is 0 Å². The minimum absolute atomic E-state index is 0.0595. The van der Waals surface area contributed by atoms with E-state index in [-0.39, 0.29) is 30.1 Å². The monoisotopic (exact) mass is 344 g/mol. The van der Waals surface area contributed by atoms with Crippen LogP contribution in [-0.4, -0.2) is 30.3 Å². The van der Waals surface area contributed by atoms with Crippen LogP contribution in [0.1, 0.15) is 40.1 Å². The van der Waals surface area contributed by atoms with E-state index in [2.05, 4.69) is 0 Å². The number of hydrogen-bond acceptors (Lipinski definition) is 6. The Morgan fingerprint density at radius 1 is 1.00 bits per heavy atom. The molecule has 0 heterocycles. The summed E-state index contributed by atoms with van der Waals surface area (Å²) in [6, 6.07) is 10.3. The number of carbonyl (C=O) groups is 2. The first-order valence-corrected chi connectivity index (χ1v) is 7.93. The summed E-state index contributed by atoms with van der Waals surface area (Å²) in [5.74, 6) is -1.41. The van der Waals surface area contributed by atoms with Crippen LogP contribution < -0.4 is 4.74 Å². The summed E-state index contributed by atoms with van der Waals surface area (Å²) in [4.78, 5) is 24.4. The Labute approximate surface area is 146 Å². The number of para-hydroxylation sites is 1. The van der Waals surface area contributed by atoms with Gasteiger partial charge in [-0.1, -0.05) is 18.2 Å². The van der Waals surface area contributed by atoms with Gasteiger partial charge in [0.15, 0.2) is 11.5 Å². The number of hydrogen-bond donors (Lipinski definition) is 1. The van der Waals surface area contributed by atoms with Gasteiger partial charge < -0.3 is 19.3 Å². The van der Waals surface area contributed by atoms with Crippen molar-refractivity contribution in [1.82, 2.24) is 0 Å². The van der Waals surface area contributed by atoms with Gasteiger partial charge in [-0.3, -0.25) is 0 Å². The lowest BCUT2D eigenvalue weighted by atomic mass is 10.0. The Bertz CT molecular complexity index is 767. The fraction of sp³-hybridized carbons (Fsp3) is 0.263. The van der Waals surface area contributed by atoms with Crippen molar-refractivity contribution in [1.29, 1.82) is 0 Å². The molecule has 6 heteroatoms. The Balaban J connectivity index is 2.57. The number of esters is 2. The van der Waals surface area contributed by atoms with Crippen LogP contribution in [0.3, 0.4) is 0 Å². The zero-order valence-corrected chi connectivity index (χ0v) is 14.4. The van der Waals surface area contributed by atoms with E-state index in [0.29, 0.717) is 11.3 Å². The lowest BCUT2D eigenvalue weighted by molar-refractivity contribution is 0.0475. The molecule has 0 saturated carbocycles. The second-order valence-corrected chi connectivity index (χ2v) is 5.15. The molecule has 132 valence electrons. The highest BCUT2D eigenvalue weighted by Gasteiger charge is 2.28. The van der Waals surface area contributed by atoms with Crippen molar-refractivity contribution in [2.75, 3.05) is 13.2 Å². The third-order valence-electron chi connectivity index (χ3n) is 3.38. The first-order chi connectivity index (χ1) is 12.0. The molecule has 0 radical (unpaired) electrons. The highest BCUT2D eigenvalue weighted by Crippen LogP contribution is 2.39. The largest absolute Gasteiger partial charge is 0.504 e. The lowest BCUT2D eigenvalue weighted by Gasteiger charge is -2.16. The number of phenolic OH excluding ortho intramolecular Hbond substituents is 1. The summed E-state index contributed by atoms with van der Waals surface area (Å²) >= 11 is 0. The van der Waals surface area contributed by atoms with E-state index < -0.39 is 17.7 Å². The Kier molecular flexibility index (Phi) is 6.00. The van der Waals surface area contributed by atoms with E-state index in [9.17, 15) is 14.7 Å². The first-order valence-electron chi connectivity index (χ1n) is 7.93. The van der Waals surface area contributed by atoms with Crippen molar-refractivity contribution >= 4 is 11.9 Å². The second-order valence-electron chi connectivity index (χ2n) is 5.15. The number of carbonyl (C=O) groups excluding carboxylic acids is 2. The maximum absolute atomic E-state index is 12.3. The number of benzene rings is 2. The molecule has 2 aromatic rings. The number of ether oxygens (including phenoxy) is 3. The van der Waals surface area contributed by atoms with Crippen LogP contribution in [0.2, 0.25) is 0 Å². The predicted octanol–water partition coefficient (Wildman–Crippen LogP) is 3.85. The van der Waals surface area contributed by atoms with Crippen molar-refractivity contribution in [3.05, 3.63) is 53.1 Å². The molecule has 2 aromatic carbocycles. The summed E-state index contributed by atoms with van der Waals surface area (Å²) in [5, 5.41) is 10.6. The molecule has 0 unspecified atom stereocenters. The Hall–Kier alpha value is -3.02. The summed E-state index contributed by atoms with van der Waals surface area (Å²) in [7, 11) is 0. The topological polar surface area (TPSA) is 82.1 Å². The van der Waals surface area contributed by atoms with Crippen molar-refractivity contribution in [3.63, 3.8) is 0 Å². The average Bonchev–Trinajstić information content (AvgIpc) is 2.59. The third-order valence-corrected chi connectivity index (χ3v) is 3.38. The summed E-state index contributed by atoms with van der Waals surface area (Å²) in [6.45, 7) is 5.19. The average molecular weight is 344 g/mol. The Morgan fingerprint density at radius 3 is 2.20 bits per heavy atom. The van der Waals surface area contributed by atoms with Crippen molar-refractivity contribution < 1.29 is 28.9 Å². The molecule has 1 N–H and O–H groups in total. The molecule has 0 saturated heterocycles. The predicted molar refractivity (Wildman–Crippen MR) is 91.3 cm³/mol. The number of rotatable bonds is 6. The first kappa shape index (κ1) is 18.3. The maximum Gasteiger partial charge on any atom is 0.342 e. The zero-order valence-electron chi connectivity index (χ0n) is 14.4. The molecule has 0 bridgehead atoms. The molecule has 0 fully saturated rings. The standard InChI is InChI=1S/C19H20O6/c1-4-23-18(21)14-11-12(3)17(25-13-9-7-6-8-10-13)16(20)15(14)19(22)24-5-2/h6-11,20H,4-5H2,1-3H3. The summed E-state index contributed by atoms with van der Waals surface area (Å²) < 4.78 is 15.6. The molecule has 0 aliphatic heterocycles. The molecular weight excluding hydrogens is 324 g/mol. The van der Waals surface area contributed by atoms with E-state index in [1.54, 1.807) is 45.0 Å². The van der Waals surface area contributed by atoms with Gasteiger partial charge in [-0.05, 0) is 44.5 Å². The van der Waals surface area contributed by atoms with Gasteiger partial charge >= 0.3 is 11.9 Å². The molecular formula is C19H20O6. The van der Waals surface area contributed by atoms with Crippen molar-refractivity contribution in [2.24, 2.45) is 0 Å². The summed E-state index contributed by atoms with van der Waals surface area (Å²) in [6.07, 6.45) is 0. The normalized spacial score (nSPS) is 10.2. The SMILES string of the molecule is CCOC(=O)c1cc(C)c(Oc2ccccc2)c(O)c1C(=O)OCC. The summed E-state index contributed by atoms with van der Waals surface area (Å²) in [5.41, 5.74) is 0.157. The van der Waals surface area contributed by atoms with Crippen molar-refractivity contribution in [2.45, 2.75) is 20.8 Å². The van der Waals surface area contributed by atoms with Gasteiger partial charge in [0.25, 0.3) is 0 Å². The second kappa shape index (κ2) is 8.19. The van der Waals surface area contributed by atoms with Gasteiger partial charge in [0.2, 0.25) is 0 Å². The zero-order chi connectivity index (χ0) is 18.4.